The average Bonchev–Trinajstić information content (AvgIpc) is 2.26. The number of benzene rings is 1. The highest BCUT2D eigenvalue weighted by Gasteiger charge is 2.06. The fraction of sp³-hybridized carbons (Fsp3) is 0.182. The van der Waals surface area contributed by atoms with E-state index >= 15 is 0 Å². The molecular formula is C11H9N3O. The zero-order valence-corrected chi connectivity index (χ0v) is 8.27. The summed E-state index contributed by atoms with van der Waals surface area (Å²) in [5.41, 5.74) is 0.539. The third-order valence-electron chi connectivity index (χ3n) is 2.35. The summed E-state index contributed by atoms with van der Waals surface area (Å²) in [4.78, 5) is 15.5. The molecule has 2 rings (SSSR count). The van der Waals surface area contributed by atoms with Crippen molar-refractivity contribution in [2.24, 2.45) is 7.05 Å². The molecule has 0 atom stereocenters. The van der Waals surface area contributed by atoms with E-state index in [0.29, 0.717) is 11.2 Å². The highest BCUT2D eigenvalue weighted by atomic mass is 16.1. The van der Waals surface area contributed by atoms with Gasteiger partial charge in [-0.25, -0.2) is 0 Å². The van der Waals surface area contributed by atoms with Gasteiger partial charge in [-0.05, 0) is 12.1 Å². The standard InChI is InChI=1S/C11H9N3O/c1-14-9-5-3-2-4-8(9)11(15)13-10(14)6-7-12/h2-5H,6H2,1H3. The molecule has 74 valence electrons. The van der Waals surface area contributed by atoms with Crippen LogP contribution in [0.4, 0.5) is 0 Å². The first kappa shape index (κ1) is 9.41. The van der Waals surface area contributed by atoms with Crippen LogP contribution >= 0.6 is 0 Å². The van der Waals surface area contributed by atoms with E-state index in [4.69, 9.17) is 5.26 Å². The summed E-state index contributed by atoms with van der Waals surface area (Å²) in [7, 11) is 1.81. The van der Waals surface area contributed by atoms with Crippen LogP contribution in [0, 0.1) is 11.3 Å². The summed E-state index contributed by atoms with van der Waals surface area (Å²) in [5.74, 6) is 0.501. The van der Waals surface area contributed by atoms with Gasteiger partial charge in [0.15, 0.2) is 0 Å². The van der Waals surface area contributed by atoms with Crippen molar-refractivity contribution in [1.82, 2.24) is 9.55 Å². The Bertz CT molecular complexity index is 607. The van der Waals surface area contributed by atoms with E-state index in [2.05, 4.69) is 4.98 Å². The molecule has 0 aliphatic carbocycles. The molecule has 0 aliphatic heterocycles. The summed E-state index contributed by atoms with van der Waals surface area (Å²) in [6.07, 6.45) is 0.149. The predicted octanol–water partition coefficient (Wildman–Crippen LogP) is 1.000. The quantitative estimate of drug-likeness (QED) is 0.688. The van der Waals surface area contributed by atoms with E-state index in [1.165, 1.54) is 0 Å². The molecule has 2 aromatic rings. The van der Waals surface area contributed by atoms with Gasteiger partial charge in [-0.2, -0.15) is 10.2 Å². The van der Waals surface area contributed by atoms with Gasteiger partial charge in [0.05, 0.1) is 23.4 Å². The molecule has 15 heavy (non-hydrogen) atoms. The van der Waals surface area contributed by atoms with Crippen LogP contribution in [0.3, 0.4) is 0 Å². The molecule has 0 aliphatic rings. The van der Waals surface area contributed by atoms with Crippen molar-refractivity contribution in [1.29, 1.82) is 5.26 Å². The Kier molecular flexibility index (Phi) is 2.22. The highest BCUT2D eigenvalue weighted by molar-refractivity contribution is 5.77. The second kappa shape index (κ2) is 3.54. The number of nitrogens with zero attached hydrogens (tertiary/aromatic N) is 3. The van der Waals surface area contributed by atoms with Gasteiger partial charge in [0.1, 0.15) is 5.82 Å². The molecule has 1 heterocycles. The Morgan fingerprint density at radius 1 is 1.47 bits per heavy atom. The van der Waals surface area contributed by atoms with Crippen LogP contribution in [0.2, 0.25) is 0 Å². The largest absolute Gasteiger partial charge is 0.331 e. The van der Waals surface area contributed by atoms with Crippen LogP contribution in [0.5, 0.6) is 0 Å². The summed E-state index contributed by atoms with van der Waals surface area (Å²) in [6.45, 7) is 0. The van der Waals surface area contributed by atoms with Gasteiger partial charge in [-0.1, -0.05) is 12.1 Å². The molecule has 0 N–H and O–H groups in total. The number of nitriles is 1. The third-order valence-corrected chi connectivity index (χ3v) is 2.35. The van der Waals surface area contributed by atoms with Gasteiger partial charge in [-0.15, -0.1) is 0 Å². The van der Waals surface area contributed by atoms with Crippen LogP contribution in [0.25, 0.3) is 10.9 Å². The first-order valence-electron chi connectivity index (χ1n) is 4.55. The molecule has 0 spiro atoms. The van der Waals surface area contributed by atoms with Crippen molar-refractivity contribution in [3.63, 3.8) is 0 Å². The minimum atomic E-state index is -0.269. The van der Waals surface area contributed by atoms with E-state index in [0.717, 1.165) is 5.52 Å². The fourth-order valence-electron chi connectivity index (χ4n) is 1.57. The third kappa shape index (κ3) is 1.48. The van der Waals surface area contributed by atoms with Crippen molar-refractivity contribution in [2.75, 3.05) is 0 Å². The fourth-order valence-corrected chi connectivity index (χ4v) is 1.57. The van der Waals surface area contributed by atoms with Crippen LogP contribution in [-0.4, -0.2) is 9.55 Å². The van der Waals surface area contributed by atoms with Gasteiger partial charge in [-0.3, -0.25) is 4.79 Å². The summed E-state index contributed by atoms with van der Waals surface area (Å²) in [6, 6.07) is 9.24. The summed E-state index contributed by atoms with van der Waals surface area (Å²) >= 11 is 0. The van der Waals surface area contributed by atoms with Gasteiger partial charge in [0.25, 0.3) is 5.56 Å². The zero-order chi connectivity index (χ0) is 10.8. The maximum atomic E-state index is 11.6. The van der Waals surface area contributed by atoms with Crippen molar-refractivity contribution >= 4 is 10.9 Å². The van der Waals surface area contributed by atoms with Crippen LogP contribution in [0.15, 0.2) is 29.1 Å². The Morgan fingerprint density at radius 3 is 2.93 bits per heavy atom. The van der Waals surface area contributed by atoms with Crippen LogP contribution in [-0.2, 0) is 13.5 Å². The van der Waals surface area contributed by atoms with E-state index in [-0.39, 0.29) is 12.0 Å². The lowest BCUT2D eigenvalue weighted by atomic mass is 10.2. The Morgan fingerprint density at radius 2 is 2.20 bits per heavy atom. The molecule has 4 nitrogen and oxygen atoms in total. The molecule has 0 fully saturated rings. The molecule has 0 bridgehead atoms. The molecule has 1 aromatic heterocycles. The van der Waals surface area contributed by atoms with E-state index in [9.17, 15) is 4.79 Å². The predicted molar refractivity (Wildman–Crippen MR) is 56.3 cm³/mol. The molecular weight excluding hydrogens is 190 g/mol. The molecule has 1 aromatic carbocycles. The van der Waals surface area contributed by atoms with Crippen molar-refractivity contribution < 1.29 is 0 Å². The molecule has 0 radical (unpaired) electrons. The number of fused-ring (bicyclic) bond motifs is 1. The van der Waals surface area contributed by atoms with Crippen LogP contribution in [0.1, 0.15) is 5.82 Å². The summed E-state index contributed by atoms with van der Waals surface area (Å²) < 4.78 is 1.78. The molecule has 0 saturated heterocycles. The maximum Gasteiger partial charge on any atom is 0.280 e. The average molecular weight is 199 g/mol. The van der Waals surface area contributed by atoms with Crippen molar-refractivity contribution in [3.05, 3.63) is 40.4 Å². The normalized spacial score (nSPS) is 10.1. The van der Waals surface area contributed by atoms with Gasteiger partial charge >= 0.3 is 0 Å². The zero-order valence-electron chi connectivity index (χ0n) is 8.27. The second-order valence-electron chi connectivity index (χ2n) is 3.24. The van der Waals surface area contributed by atoms with Gasteiger partial charge < -0.3 is 4.57 Å². The van der Waals surface area contributed by atoms with Crippen LogP contribution < -0.4 is 5.56 Å². The lowest BCUT2D eigenvalue weighted by molar-refractivity contribution is 0.813. The number of hydrogen-bond donors (Lipinski definition) is 0. The van der Waals surface area contributed by atoms with Gasteiger partial charge in [0.2, 0.25) is 0 Å². The Labute approximate surface area is 86.4 Å². The smallest absolute Gasteiger partial charge is 0.280 e. The molecule has 0 saturated carbocycles. The maximum absolute atomic E-state index is 11.6. The first-order chi connectivity index (χ1) is 7.24. The summed E-state index contributed by atoms with van der Waals surface area (Å²) in [5, 5.41) is 9.19. The Hall–Kier alpha value is -2.15. The first-order valence-corrected chi connectivity index (χ1v) is 4.55. The minimum Gasteiger partial charge on any atom is -0.331 e. The second-order valence-corrected chi connectivity index (χ2v) is 3.24. The van der Waals surface area contributed by atoms with E-state index < -0.39 is 0 Å². The lowest BCUT2D eigenvalue weighted by Gasteiger charge is -2.07. The number of aryl methyl sites for hydroxylation is 1. The van der Waals surface area contributed by atoms with Gasteiger partial charge in [0, 0.05) is 7.05 Å². The topological polar surface area (TPSA) is 58.7 Å². The minimum absolute atomic E-state index is 0.149. The monoisotopic (exact) mass is 199 g/mol. The van der Waals surface area contributed by atoms with E-state index in [1.54, 1.807) is 23.7 Å². The molecule has 0 amide bonds. The number of aromatic nitrogens is 2. The Balaban J connectivity index is 2.86. The van der Waals surface area contributed by atoms with E-state index in [1.807, 2.05) is 18.2 Å². The molecule has 4 heteroatoms. The number of para-hydroxylation sites is 1. The number of hydrogen-bond acceptors (Lipinski definition) is 3. The number of rotatable bonds is 1. The molecule has 0 unspecified atom stereocenters. The van der Waals surface area contributed by atoms with Crippen molar-refractivity contribution in [2.45, 2.75) is 6.42 Å². The highest BCUT2D eigenvalue weighted by Crippen LogP contribution is 2.09. The van der Waals surface area contributed by atoms with Crippen molar-refractivity contribution in [3.8, 4) is 6.07 Å². The SMILES string of the molecule is Cn1c(CC#N)nc(=O)c2ccccc21. The lowest BCUT2D eigenvalue weighted by Crippen LogP contribution is -2.16.